The van der Waals surface area contributed by atoms with E-state index in [1.807, 2.05) is 13.0 Å². The quantitative estimate of drug-likeness (QED) is 0.760. The first-order valence-electron chi connectivity index (χ1n) is 4.97. The van der Waals surface area contributed by atoms with Crippen molar-refractivity contribution in [2.45, 2.75) is 20.5 Å². The van der Waals surface area contributed by atoms with Gasteiger partial charge in [-0.25, -0.2) is 0 Å². The normalized spacial score (nSPS) is 10.3. The Labute approximate surface area is 89.5 Å². The minimum absolute atomic E-state index is 0.556. The average Bonchev–Trinajstić information content (AvgIpc) is 2.72. The fourth-order valence-electron chi connectivity index (χ4n) is 1.40. The fourth-order valence-corrected chi connectivity index (χ4v) is 1.40. The second-order valence-electron chi connectivity index (χ2n) is 3.69. The number of aryl methyl sites for hydroxylation is 2. The summed E-state index contributed by atoms with van der Waals surface area (Å²) in [4.78, 5) is 0. The molecule has 0 aliphatic rings. The lowest BCUT2D eigenvalue weighted by atomic mass is 10.1. The summed E-state index contributed by atoms with van der Waals surface area (Å²) >= 11 is 0. The van der Waals surface area contributed by atoms with Crippen LogP contribution in [0.15, 0.2) is 41.2 Å². The third kappa shape index (κ3) is 2.40. The van der Waals surface area contributed by atoms with Gasteiger partial charge in [-0.15, -0.1) is 0 Å². The molecule has 0 saturated heterocycles. The van der Waals surface area contributed by atoms with Crippen molar-refractivity contribution in [1.29, 1.82) is 0 Å². The second kappa shape index (κ2) is 4.22. The third-order valence-electron chi connectivity index (χ3n) is 2.32. The summed E-state index contributed by atoms with van der Waals surface area (Å²) in [6.07, 6.45) is 3.35. The van der Waals surface area contributed by atoms with Crippen LogP contribution in [0.5, 0.6) is 5.75 Å². The predicted molar refractivity (Wildman–Crippen MR) is 59.0 cm³/mol. The van der Waals surface area contributed by atoms with Gasteiger partial charge >= 0.3 is 0 Å². The Balaban J connectivity index is 2.07. The first-order chi connectivity index (χ1) is 7.25. The molecule has 0 atom stereocenters. The molecule has 0 bridgehead atoms. The van der Waals surface area contributed by atoms with Gasteiger partial charge in [0.2, 0.25) is 0 Å². The molecule has 78 valence electrons. The molecule has 0 unspecified atom stereocenters. The molecular weight excluding hydrogens is 188 g/mol. The Morgan fingerprint density at radius 3 is 2.80 bits per heavy atom. The molecule has 2 heteroatoms. The second-order valence-corrected chi connectivity index (χ2v) is 3.69. The van der Waals surface area contributed by atoms with Crippen LogP contribution in [-0.4, -0.2) is 0 Å². The molecule has 2 nitrogen and oxygen atoms in total. The molecule has 1 aromatic carbocycles. The molecule has 0 aliphatic carbocycles. The van der Waals surface area contributed by atoms with Gasteiger partial charge in [-0.05, 0) is 37.1 Å². The van der Waals surface area contributed by atoms with Gasteiger partial charge in [0.25, 0.3) is 0 Å². The summed E-state index contributed by atoms with van der Waals surface area (Å²) in [5, 5.41) is 0. The number of ether oxygens (including phenoxy) is 1. The Morgan fingerprint density at radius 1 is 1.20 bits per heavy atom. The first-order valence-corrected chi connectivity index (χ1v) is 4.97. The maximum atomic E-state index is 5.70. The van der Waals surface area contributed by atoms with Gasteiger partial charge in [0.05, 0.1) is 12.5 Å². The highest BCUT2D eigenvalue weighted by Gasteiger charge is 2.01. The van der Waals surface area contributed by atoms with Crippen LogP contribution in [0.2, 0.25) is 0 Å². The summed E-state index contributed by atoms with van der Waals surface area (Å²) < 4.78 is 10.7. The smallest absolute Gasteiger partial charge is 0.122 e. The van der Waals surface area contributed by atoms with E-state index >= 15 is 0 Å². The number of rotatable bonds is 3. The van der Waals surface area contributed by atoms with E-state index < -0.39 is 0 Å². The number of hydrogen-bond acceptors (Lipinski definition) is 2. The monoisotopic (exact) mass is 202 g/mol. The Morgan fingerprint density at radius 2 is 2.07 bits per heavy atom. The average molecular weight is 202 g/mol. The highest BCUT2D eigenvalue weighted by atomic mass is 16.5. The van der Waals surface area contributed by atoms with Gasteiger partial charge in [-0.3, -0.25) is 0 Å². The van der Waals surface area contributed by atoms with Crippen LogP contribution in [0.3, 0.4) is 0 Å². The SMILES string of the molecule is Cc1ccc(C)c(OCc2ccoc2)c1. The van der Waals surface area contributed by atoms with E-state index in [-0.39, 0.29) is 0 Å². The van der Waals surface area contributed by atoms with E-state index in [2.05, 4.69) is 25.1 Å². The molecule has 0 N–H and O–H groups in total. The topological polar surface area (TPSA) is 22.4 Å². The van der Waals surface area contributed by atoms with Crippen LogP contribution in [0.4, 0.5) is 0 Å². The van der Waals surface area contributed by atoms with Crippen molar-refractivity contribution < 1.29 is 9.15 Å². The predicted octanol–water partition coefficient (Wildman–Crippen LogP) is 3.48. The summed E-state index contributed by atoms with van der Waals surface area (Å²) in [6, 6.07) is 8.11. The van der Waals surface area contributed by atoms with Crippen LogP contribution in [0, 0.1) is 13.8 Å². The Bertz CT molecular complexity index is 430. The molecular formula is C13H14O2. The van der Waals surface area contributed by atoms with Crippen LogP contribution < -0.4 is 4.74 Å². The van der Waals surface area contributed by atoms with Gasteiger partial charge < -0.3 is 9.15 Å². The van der Waals surface area contributed by atoms with Crippen molar-refractivity contribution in [1.82, 2.24) is 0 Å². The van der Waals surface area contributed by atoms with Crippen molar-refractivity contribution >= 4 is 0 Å². The Kier molecular flexibility index (Phi) is 2.77. The van der Waals surface area contributed by atoms with Gasteiger partial charge in [-0.1, -0.05) is 12.1 Å². The van der Waals surface area contributed by atoms with E-state index in [1.54, 1.807) is 12.5 Å². The molecule has 2 aromatic rings. The maximum absolute atomic E-state index is 5.70. The molecule has 1 aromatic heterocycles. The molecule has 0 radical (unpaired) electrons. The van der Waals surface area contributed by atoms with Crippen LogP contribution >= 0.6 is 0 Å². The molecule has 2 rings (SSSR count). The third-order valence-corrected chi connectivity index (χ3v) is 2.32. The highest BCUT2D eigenvalue weighted by Crippen LogP contribution is 2.20. The zero-order valence-corrected chi connectivity index (χ0v) is 8.99. The lowest BCUT2D eigenvalue weighted by molar-refractivity contribution is 0.302. The summed E-state index contributed by atoms with van der Waals surface area (Å²) in [5.74, 6) is 0.941. The molecule has 15 heavy (non-hydrogen) atoms. The summed E-state index contributed by atoms with van der Waals surface area (Å²) in [7, 11) is 0. The summed E-state index contributed by atoms with van der Waals surface area (Å²) in [6.45, 7) is 4.66. The highest BCUT2D eigenvalue weighted by molar-refractivity contribution is 5.36. The van der Waals surface area contributed by atoms with E-state index in [0.29, 0.717) is 6.61 Å². The summed E-state index contributed by atoms with van der Waals surface area (Å²) in [5.41, 5.74) is 3.42. The fraction of sp³-hybridized carbons (Fsp3) is 0.231. The maximum Gasteiger partial charge on any atom is 0.122 e. The minimum atomic E-state index is 0.556. The first kappa shape index (κ1) is 9.84. The van der Waals surface area contributed by atoms with Gasteiger partial charge in [-0.2, -0.15) is 0 Å². The van der Waals surface area contributed by atoms with Crippen molar-refractivity contribution in [3.8, 4) is 5.75 Å². The number of furan rings is 1. The van der Waals surface area contributed by atoms with Crippen molar-refractivity contribution in [2.24, 2.45) is 0 Å². The number of hydrogen-bond donors (Lipinski definition) is 0. The van der Waals surface area contributed by atoms with Gasteiger partial charge in [0.1, 0.15) is 12.4 Å². The van der Waals surface area contributed by atoms with Crippen molar-refractivity contribution in [3.63, 3.8) is 0 Å². The standard InChI is InChI=1S/C13H14O2/c1-10-3-4-11(2)13(7-10)15-9-12-5-6-14-8-12/h3-8H,9H2,1-2H3. The zero-order chi connectivity index (χ0) is 10.7. The lowest BCUT2D eigenvalue weighted by Crippen LogP contribution is -1.95. The van der Waals surface area contributed by atoms with Crippen molar-refractivity contribution in [2.75, 3.05) is 0 Å². The Hall–Kier alpha value is -1.70. The molecule has 0 amide bonds. The van der Waals surface area contributed by atoms with E-state index in [0.717, 1.165) is 16.9 Å². The minimum Gasteiger partial charge on any atom is -0.489 e. The zero-order valence-electron chi connectivity index (χ0n) is 8.99. The van der Waals surface area contributed by atoms with Crippen LogP contribution in [0.1, 0.15) is 16.7 Å². The molecule has 0 saturated carbocycles. The molecule has 0 spiro atoms. The molecule has 0 aliphatic heterocycles. The van der Waals surface area contributed by atoms with Crippen molar-refractivity contribution in [3.05, 3.63) is 53.5 Å². The van der Waals surface area contributed by atoms with Crippen LogP contribution in [-0.2, 0) is 6.61 Å². The number of benzene rings is 1. The largest absolute Gasteiger partial charge is 0.489 e. The molecule has 0 fully saturated rings. The van der Waals surface area contributed by atoms with E-state index in [4.69, 9.17) is 9.15 Å². The molecule has 1 heterocycles. The van der Waals surface area contributed by atoms with E-state index in [9.17, 15) is 0 Å². The van der Waals surface area contributed by atoms with Gasteiger partial charge in [0.15, 0.2) is 0 Å². The lowest BCUT2D eigenvalue weighted by Gasteiger charge is -2.08. The van der Waals surface area contributed by atoms with Gasteiger partial charge in [0, 0.05) is 5.56 Å². The van der Waals surface area contributed by atoms with E-state index in [1.165, 1.54) is 5.56 Å². The van der Waals surface area contributed by atoms with Crippen LogP contribution in [0.25, 0.3) is 0 Å².